The number of rotatable bonds is 5. The Hall–Kier alpha value is -4.25. The summed E-state index contributed by atoms with van der Waals surface area (Å²) in [5.74, 6) is -1.14. The van der Waals surface area contributed by atoms with Gasteiger partial charge in [-0.15, -0.1) is 0 Å². The number of anilines is 3. The quantitative estimate of drug-likeness (QED) is 0.352. The van der Waals surface area contributed by atoms with Crippen molar-refractivity contribution < 1.29 is 29.0 Å². The second kappa shape index (κ2) is 11.0. The van der Waals surface area contributed by atoms with Gasteiger partial charge in [-0.25, -0.2) is 24.4 Å². The molecular weight excluding hydrogens is 514 g/mol. The Bertz CT molecular complexity index is 1320. The Balaban J connectivity index is 1.91. The topological polar surface area (TPSA) is 144 Å². The van der Waals surface area contributed by atoms with Crippen molar-refractivity contribution in [1.29, 1.82) is 0 Å². The second-order valence-corrected chi connectivity index (χ2v) is 10.4. The fourth-order valence-electron chi connectivity index (χ4n) is 3.09. The van der Waals surface area contributed by atoms with E-state index in [0.717, 1.165) is 16.7 Å². The Morgan fingerprint density at radius 1 is 0.895 bits per heavy atom. The van der Waals surface area contributed by atoms with Crippen LogP contribution in [0.4, 0.5) is 26.9 Å². The number of aromatic carboxylic acids is 1. The summed E-state index contributed by atoms with van der Waals surface area (Å²) in [5.41, 5.74) is 0.0750. The van der Waals surface area contributed by atoms with E-state index in [2.05, 4.69) is 20.3 Å². The number of hydrogen-bond donors (Lipinski definition) is 2. The number of ether oxygens (including phenoxy) is 2. The molecule has 0 saturated carbocycles. The number of nitrogens with one attached hydrogen (secondary N) is 1. The normalized spacial score (nSPS) is 11.4. The van der Waals surface area contributed by atoms with E-state index in [1.807, 2.05) is 0 Å². The predicted molar refractivity (Wildman–Crippen MR) is 142 cm³/mol. The highest BCUT2D eigenvalue weighted by atomic mass is 35.5. The molecule has 0 atom stereocenters. The van der Waals surface area contributed by atoms with Crippen LogP contribution in [0.25, 0.3) is 11.1 Å². The van der Waals surface area contributed by atoms with Gasteiger partial charge in [-0.2, -0.15) is 9.88 Å². The van der Waals surface area contributed by atoms with E-state index in [1.165, 1.54) is 6.20 Å². The first-order valence-corrected chi connectivity index (χ1v) is 11.9. The van der Waals surface area contributed by atoms with Crippen LogP contribution in [0.3, 0.4) is 0 Å². The summed E-state index contributed by atoms with van der Waals surface area (Å²) in [6.07, 6.45) is 0.733. The molecule has 0 bridgehead atoms. The smallest absolute Gasteiger partial charge is 0.425 e. The molecule has 12 heteroatoms. The van der Waals surface area contributed by atoms with E-state index in [9.17, 15) is 19.5 Å². The molecule has 0 aliphatic rings. The maximum atomic E-state index is 12.9. The van der Waals surface area contributed by atoms with Crippen LogP contribution in [-0.2, 0) is 9.47 Å². The van der Waals surface area contributed by atoms with Gasteiger partial charge in [-0.3, -0.25) is 0 Å². The Morgan fingerprint density at radius 3 is 2.00 bits per heavy atom. The molecule has 0 fully saturated rings. The van der Waals surface area contributed by atoms with E-state index >= 15 is 0 Å². The van der Waals surface area contributed by atoms with Crippen molar-refractivity contribution in [2.75, 3.05) is 10.2 Å². The van der Waals surface area contributed by atoms with Gasteiger partial charge in [0.05, 0.1) is 0 Å². The van der Waals surface area contributed by atoms with Gasteiger partial charge in [0.25, 0.3) is 0 Å². The lowest BCUT2D eigenvalue weighted by atomic mass is 10.1. The summed E-state index contributed by atoms with van der Waals surface area (Å²) in [6.45, 7) is 10.1. The van der Waals surface area contributed by atoms with Crippen molar-refractivity contribution in [3.8, 4) is 11.1 Å². The van der Waals surface area contributed by atoms with E-state index in [1.54, 1.807) is 77.9 Å². The SMILES string of the molecule is CC(C)(C)OC(=O)N(C(=O)OC(C)(C)C)c1cc(-c2ccc(Nc3nc(Cl)ncc3C(=O)O)cc2)ccn1. The van der Waals surface area contributed by atoms with Gasteiger partial charge >= 0.3 is 18.2 Å². The predicted octanol–water partition coefficient (Wildman–Crippen LogP) is 6.31. The van der Waals surface area contributed by atoms with E-state index in [0.29, 0.717) is 11.3 Å². The van der Waals surface area contributed by atoms with Crippen LogP contribution in [0.15, 0.2) is 48.8 Å². The number of carbonyl (C=O) groups is 3. The average Bonchev–Trinajstić information content (AvgIpc) is 2.77. The highest BCUT2D eigenvalue weighted by molar-refractivity contribution is 6.28. The third-order valence-corrected chi connectivity index (χ3v) is 4.78. The third-order valence-electron chi connectivity index (χ3n) is 4.60. The van der Waals surface area contributed by atoms with Gasteiger partial charge < -0.3 is 19.9 Å². The van der Waals surface area contributed by atoms with Crippen molar-refractivity contribution in [2.24, 2.45) is 0 Å². The van der Waals surface area contributed by atoms with Gasteiger partial charge in [0.1, 0.15) is 28.4 Å². The summed E-state index contributed by atoms with van der Waals surface area (Å²) in [4.78, 5) is 50.0. The van der Waals surface area contributed by atoms with Crippen LogP contribution >= 0.6 is 11.6 Å². The minimum atomic E-state index is -1.20. The third kappa shape index (κ3) is 7.62. The molecule has 0 unspecified atom stereocenters. The molecule has 0 saturated heterocycles. The molecule has 2 N–H and O–H groups in total. The largest absolute Gasteiger partial charge is 0.477 e. The summed E-state index contributed by atoms with van der Waals surface area (Å²) in [5, 5.41) is 12.2. The molecular formula is C26H28ClN5O6. The van der Waals surface area contributed by atoms with Crippen molar-refractivity contribution in [3.05, 3.63) is 59.6 Å². The lowest BCUT2D eigenvalue weighted by Crippen LogP contribution is -2.44. The molecule has 38 heavy (non-hydrogen) atoms. The minimum absolute atomic E-state index is 0.0231. The number of carboxylic acid groups (broad SMARTS) is 1. The number of hydrogen-bond acceptors (Lipinski definition) is 9. The number of amides is 2. The van der Waals surface area contributed by atoms with Gasteiger partial charge in [0.15, 0.2) is 0 Å². The molecule has 1 aromatic carbocycles. The standard InChI is InChI=1S/C26H28ClN5O6/c1-25(2,3)37-23(35)32(24(36)38-26(4,5)6)19-13-16(11-12-28-19)15-7-9-17(10-8-15)30-20-18(21(33)34)14-29-22(27)31-20/h7-14H,1-6H3,(H,33,34)(H,29,30,31). The van der Waals surface area contributed by atoms with Crippen LogP contribution < -0.4 is 10.2 Å². The summed E-state index contributed by atoms with van der Waals surface area (Å²) in [7, 11) is 0. The zero-order valence-corrected chi connectivity index (χ0v) is 22.5. The number of halogens is 1. The maximum Gasteiger partial charge on any atom is 0.425 e. The van der Waals surface area contributed by atoms with Crippen molar-refractivity contribution in [1.82, 2.24) is 15.0 Å². The van der Waals surface area contributed by atoms with Gasteiger partial charge in [0, 0.05) is 18.1 Å². The van der Waals surface area contributed by atoms with Crippen LogP contribution in [0, 0.1) is 0 Å². The number of aromatic nitrogens is 3. The molecule has 3 aromatic rings. The van der Waals surface area contributed by atoms with Crippen LogP contribution in [-0.4, -0.2) is 49.4 Å². The van der Waals surface area contributed by atoms with Crippen LogP contribution in [0.1, 0.15) is 51.9 Å². The molecule has 0 aliphatic carbocycles. The van der Waals surface area contributed by atoms with Crippen molar-refractivity contribution in [3.63, 3.8) is 0 Å². The van der Waals surface area contributed by atoms with Gasteiger partial charge in [0.2, 0.25) is 5.28 Å². The maximum absolute atomic E-state index is 12.9. The number of benzene rings is 1. The number of nitrogens with zero attached hydrogens (tertiary/aromatic N) is 4. The molecule has 3 rings (SSSR count). The molecule has 2 aromatic heterocycles. The van der Waals surface area contributed by atoms with Gasteiger partial charge in [-0.1, -0.05) is 12.1 Å². The van der Waals surface area contributed by atoms with Crippen LogP contribution in [0.5, 0.6) is 0 Å². The summed E-state index contributed by atoms with van der Waals surface area (Å²) < 4.78 is 10.8. The highest BCUT2D eigenvalue weighted by Crippen LogP contribution is 2.28. The monoisotopic (exact) mass is 541 g/mol. The molecule has 0 radical (unpaired) electrons. The number of imide groups is 1. The summed E-state index contributed by atoms with van der Waals surface area (Å²) >= 11 is 5.82. The molecule has 11 nitrogen and oxygen atoms in total. The molecule has 2 heterocycles. The summed E-state index contributed by atoms with van der Waals surface area (Å²) in [6, 6.07) is 10.2. The van der Waals surface area contributed by atoms with Crippen molar-refractivity contribution in [2.45, 2.75) is 52.7 Å². The zero-order chi connectivity index (χ0) is 28.3. The highest BCUT2D eigenvalue weighted by Gasteiger charge is 2.33. The van der Waals surface area contributed by atoms with E-state index < -0.39 is 29.4 Å². The van der Waals surface area contributed by atoms with Gasteiger partial charge in [-0.05, 0) is 88.5 Å². The van der Waals surface area contributed by atoms with E-state index in [4.69, 9.17) is 21.1 Å². The Labute approximate surface area is 224 Å². The number of carbonyl (C=O) groups excluding carboxylic acids is 2. The minimum Gasteiger partial charge on any atom is -0.477 e. The molecule has 200 valence electrons. The average molecular weight is 542 g/mol. The Kier molecular flexibility index (Phi) is 8.21. The second-order valence-electron chi connectivity index (χ2n) is 10.1. The molecule has 2 amide bonds. The lowest BCUT2D eigenvalue weighted by molar-refractivity contribution is 0.0428. The van der Waals surface area contributed by atoms with Crippen molar-refractivity contribution >= 4 is 47.1 Å². The fourth-order valence-corrected chi connectivity index (χ4v) is 3.23. The first-order valence-electron chi connectivity index (χ1n) is 11.5. The zero-order valence-electron chi connectivity index (χ0n) is 21.8. The van der Waals surface area contributed by atoms with Crippen LogP contribution in [0.2, 0.25) is 5.28 Å². The number of carboxylic acids is 1. The van der Waals surface area contributed by atoms with E-state index in [-0.39, 0.29) is 22.5 Å². The first-order chi connectivity index (χ1) is 17.6. The number of pyridine rings is 1. The first kappa shape index (κ1) is 28.3. The fraction of sp³-hybridized carbons (Fsp3) is 0.308. The lowest BCUT2D eigenvalue weighted by Gasteiger charge is -2.28. The Morgan fingerprint density at radius 2 is 1.47 bits per heavy atom. The molecule has 0 spiro atoms. The molecule has 0 aliphatic heterocycles.